The second-order valence-electron chi connectivity index (χ2n) is 6.81. The molecule has 4 nitrogen and oxygen atoms in total. The first kappa shape index (κ1) is 18.0. The van der Waals surface area contributed by atoms with Gasteiger partial charge in [-0.2, -0.15) is 0 Å². The zero-order valence-electron chi connectivity index (χ0n) is 15.6. The number of rotatable bonds is 6. The maximum Gasteiger partial charge on any atom is 0.268 e. The summed E-state index contributed by atoms with van der Waals surface area (Å²) in [6.45, 7) is 2.99. The predicted octanol–water partition coefficient (Wildman–Crippen LogP) is 4.70. The Bertz CT molecular complexity index is 1130. The second kappa shape index (κ2) is 7.72. The molecule has 0 aliphatic heterocycles. The molecule has 1 N–H and O–H groups in total. The van der Waals surface area contributed by atoms with E-state index in [2.05, 4.69) is 24.4 Å². The second-order valence-corrected chi connectivity index (χ2v) is 6.81. The standard InChI is InChI=1S/C23H21FN2O2/c1-16-6-2-3-8-18(16)15-26-20-11-13-28-22(20)14-21(26)23(27)25-12-10-17-7-4-5-9-19(17)24/h2-9,11,13-14H,10,12,15H2,1H3,(H,25,27). The molecule has 0 aliphatic carbocycles. The number of aryl methyl sites for hydroxylation is 1. The van der Waals surface area contributed by atoms with Gasteiger partial charge >= 0.3 is 0 Å². The summed E-state index contributed by atoms with van der Waals surface area (Å²) in [5.41, 5.74) is 4.98. The molecule has 4 rings (SSSR count). The topological polar surface area (TPSA) is 47.2 Å². The molecule has 5 heteroatoms. The number of halogens is 1. The molecule has 0 fully saturated rings. The summed E-state index contributed by atoms with van der Waals surface area (Å²) in [5.74, 6) is -0.450. The van der Waals surface area contributed by atoms with Gasteiger partial charge in [-0.05, 0) is 36.1 Å². The highest BCUT2D eigenvalue weighted by Gasteiger charge is 2.18. The smallest absolute Gasteiger partial charge is 0.268 e. The lowest BCUT2D eigenvalue weighted by molar-refractivity contribution is 0.0945. The number of furan rings is 1. The predicted molar refractivity (Wildman–Crippen MR) is 107 cm³/mol. The minimum Gasteiger partial charge on any atom is -0.463 e. The van der Waals surface area contributed by atoms with E-state index >= 15 is 0 Å². The summed E-state index contributed by atoms with van der Waals surface area (Å²) >= 11 is 0. The number of fused-ring (bicyclic) bond motifs is 1. The molecule has 28 heavy (non-hydrogen) atoms. The first-order chi connectivity index (χ1) is 13.6. The van der Waals surface area contributed by atoms with Crippen LogP contribution in [0.3, 0.4) is 0 Å². The molecule has 0 saturated heterocycles. The Hall–Kier alpha value is -3.34. The third kappa shape index (κ3) is 3.56. The van der Waals surface area contributed by atoms with Gasteiger partial charge in [-0.3, -0.25) is 4.79 Å². The zero-order valence-corrected chi connectivity index (χ0v) is 15.6. The molecular formula is C23H21FN2O2. The Morgan fingerprint density at radius 1 is 1.07 bits per heavy atom. The number of benzene rings is 2. The van der Waals surface area contributed by atoms with Gasteiger partial charge in [0.05, 0.1) is 11.8 Å². The van der Waals surface area contributed by atoms with Crippen LogP contribution in [0.15, 0.2) is 71.3 Å². The average molecular weight is 376 g/mol. The fourth-order valence-electron chi connectivity index (χ4n) is 3.40. The van der Waals surface area contributed by atoms with Crippen molar-refractivity contribution in [3.63, 3.8) is 0 Å². The highest BCUT2D eigenvalue weighted by Crippen LogP contribution is 2.23. The van der Waals surface area contributed by atoms with Gasteiger partial charge in [0.25, 0.3) is 5.91 Å². The molecule has 1 amide bonds. The van der Waals surface area contributed by atoms with E-state index in [0.29, 0.717) is 36.4 Å². The van der Waals surface area contributed by atoms with Crippen molar-refractivity contribution >= 4 is 17.0 Å². The number of nitrogens with zero attached hydrogens (tertiary/aromatic N) is 1. The summed E-state index contributed by atoms with van der Waals surface area (Å²) < 4.78 is 21.2. The molecule has 0 radical (unpaired) electrons. The van der Waals surface area contributed by atoms with Crippen LogP contribution >= 0.6 is 0 Å². The summed E-state index contributed by atoms with van der Waals surface area (Å²) in [6, 6.07) is 18.3. The lowest BCUT2D eigenvalue weighted by atomic mass is 10.1. The third-order valence-electron chi connectivity index (χ3n) is 4.98. The van der Waals surface area contributed by atoms with Crippen molar-refractivity contribution in [2.24, 2.45) is 0 Å². The van der Waals surface area contributed by atoms with Gasteiger partial charge in [-0.15, -0.1) is 0 Å². The van der Waals surface area contributed by atoms with Crippen molar-refractivity contribution in [1.82, 2.24) is 9.88 Å². The summed E-state index contributed by atoms with van der Waals surface area (Å²) in [4.78, 5) is 12.8. The van der Waals surface area contributed by atoms with Crippen LogP contribution in [0, 0.1) is 12.7 Å². The number of nitrogens with one attached hydrogen (secondary N) is 1. The highest BCUT2D eigenvalue weighted by molar-refractivity contribution is 5.97. The number of hydrogen-bond donors (Lipinski definition) is 1. The van der Waals surface area contributed by atoms with E-state index in [1.807, 2.05) is 22.8 Å². The fourth-order valence-corrected chi connectivity index (χ4v) is 3.40. The molecule has 2 aromatic carbocycles. The molecule has 0 spiro atoms. The van der Waals surface area contributed by atoms with E-state index in [1.165, 1.54) is 11.6 Å². The maximum atomic E-state index is 13.7. The molecule has 2 heterocycles. The van der Waals surface area contributed by atoms with Gasteiger partial charge in [0.1, 0.15) is 11.5 Å². The van der Waals surface area contributed by atoms with Crippen molar-refractivity contribution in [2.75, 3.05) is 6.54 Å². The average Bonchev–Trinajstić information content (AvgIpc) is 3.27. The van der Waals surface area contributed by atoms with Crippen LogP contribution in [0.5, 0.6) is 0 Å². The van der Waals surface area contributed by atoms with Crippen LogP contribution in [-0.2, 0) is 13.0 Å². The van der Waals surface area contributed by atoms with Crippen LogP contribution in [0.1, 0.15) is 27.2 Å². The Morgan fingerprint density at radius 3 is 2.61 bits per heavy atom. The largest absolute Gasteiger partial charge is 0.463 e. The minimum atomic E-state index is -0.253. The lowest BCUT2D eigenvalue weighted by Gasteiger charge is -2.12. The summed E-state index contributed by atoms with van der Waals surface area (Å²) in [6.07, 6.45) is 2.06. The molecule has 4 aromatic rings. The van der Waals surface area contributed by atoms with Crippen LogP contribution < -0.4 is 5.32 Å². The number of carbonyl (C=O) groups excluding carboxylic acids is 1. The molecule has 142 valence electrons. The van der Waals surface area contributed by atoms with Gasteiger partial charge < -0.3 is 14.3 Å². The molecular weight excluding hydrogens is 355 g/mol. The first-order valence-corrected chi connectivity index (χ1v) is 9.26. The Morgan fingerprint density at radius 2 is 1.82 bits per heavy atom. The van der Waals surface area contributed by atoms with Crippen molar-refractivity contribution in [3.8, 4) is 0 Å². The third-order valence-corrected chi connectivity index (χ3v) is 4.98. The quantitative estimate of drug-likeness (QED) is 0.530. The Balaban J connectivity index is 1.54. The lowest BCUT2D eigenvalue weighted by Crippen LogP contribution is -2.28. The first-order valence-electron chi connectivity index (χ1n) is 9.26. The molecule has 0 atom stereocenters. The Kier molecular flexibility index (Phi) is 4.98. The van der Waals surface area contributed by atoms with Crippen molar-refractivity contribution in [1.29, 1.82) is 0 Å². The van der Waals surface area contributed by atoms with Gasteiger partial charge in [-0.1, -0.05) is 42.5 Å². The van der Waals surface area contributed by atoms with Gasteiger partial charge in [0, 0.05) is 25.2 Å². The minimum absolute atomic E-state index is 0.198. The van der Waals surface area contributed by atoms with Crippen molar-refractivity contribution in [2.45, 2.75) is 19.9 Å². The monoisotopic (exact) mass is 376 g/mol. The molecule has 0 aliphatic rings. The van der Waals surface area contributed by atoms with E-state index in [9.17, 15) is 9.18 Å². The number of aromatic nitrogens is 1. The van der Waals surface area contributed by atoms with E-state index in [4.69, 9.17) is 4.42 Å². The normalized spacial score (nSPS) is 11.1. The van der Waals surface area contributed by atoms with Crippen LogP contribution in [0.25, 0.3) is 11.1 Å². The van der Waals surface area contributed by atoms with Crippen molar-refractivity contribution in [3.05, 3.63) is 95.1 Å². The van der Waals surface area contributed by atoms with Crippen LogP contribution in [-0.4, -0.2) is 17.0 Å². The number of amides is 1. The van der Waals surface area contributed by atoms with Gasteiger partial charge in [0.2, 0.25) is 0 Å². The molecule has 0 saturated carbocycles. The van der Waals surface area contributed by atoms with Gasteiger partial charge in [0.15, 0.2) is 5.58 Å². The summed E-state index contributed by atoms with van der Waals surface area (Å²) in [7, 11) is 0. The maximum absolute atomic E-state index is 13.7. The molecule has 2 aromatic heterocycles. The SMILES string of the molecule is Cc1ccccc1Cn1c(C(=O)NCCc2ccccc2F)cc2occc21. The van der Waals surface area contributed by atoms with E-state index in [1.54, 1.807) is 30.5 Å². The number of carbonyl (C=O) groups is 1. The van der Waals surface area contributed by atoms with E-state index in [0.717, 1.165) is 11.1 Å². The molecule has 0 unspecified atom stereocenters. The molecule has 0 bridgehead atoms. The van der Waals surface area contributed by atoms with E-state index < -0.39 is 0 Å². The number of hydrogen-bond acceptors (Lipinski definition) is 2. The van der Waals surface area contributed by atoms with Crippen molar-refractivity contribution < 1.29 is 13.6 Å². The summed E-state index contributed by atoms with van der Waals surface area (Å²) in [5, 5.41) is 2.90. The van der Waals surface area contributed by atoms with Gasteiger partial charge in [-0.25, -0.2) is 4.39 Å². The van der Waals surface area contributed by atoms with Crippen LogP contribution in [0.4, 0.5) is 4.39 Å². The Labute approximate surface area is 162 Å². The zero-order chi connectivity index (χ0) is 19.5. The van der Waals surface area contributed by atoms with E-state index in [-0.39, 0.29) is 11.7 Å². The van der Waals surface area contributed by atoms with Crippen LogP contribution in [0.2, 0.25) is 0 Å². The highest BCUT2D eigenvalue weighted by atomic mass is 19.1. The fraction of sp³-hybridized carbons (Fsp3) is 0.174.